The topological polar surface area (TPSA) is 47.6 Å². The van der Waals surface area contributed by atoms with Gasteiger partial charge in [-0.05, 0) is 47.7 Å². The Morgan fingerprint density at radius 3 is 2.07 bits per heavy atom. The molecule has 0 fully saturated rings. The molecule has 152 valence electrons. The molecule has 0 spiro atoms. The van der Waals surface area contributed by atoms with Crippen molar-refractivity contribution in [3.63, 3.8) is 0 Å². The van der Waals surface area contributed by atoms with Crippen molar-refractivity contribution in [2.75, 3.05) is 19.5 Å². The summed E-state index contributed by atoms with van der Waals surface area (Å²) < 4.78 is 10.8. The lowest BCUT2D eigenvalue weighted by atomic mass is 9.52. The predicted molar refractivity (Wildman–Crippen MR) is 117 cm³/mol. The van der Waals surface area contributed by atoms with E-state index in [9.17, 15) is 4.79 Å². The van der Waals surface area contributed by atoms with Crippen molar-refractivity contribution < 1.29 is 14.3 Å². The second kappa shape index (κ2) is 6.91. The molecule has 3 aromatic carbocycles. The minimum atomic E-state index is -0.568. The third kappa shape index (κ3) is 2.63. The number of rotatable bonds is 4. The van der Waals surface area contributed by atoms with Crippen molar-refractivity contribution in [1.82, 2.24) is 0 Å². The van der Waals surface area contributed by atoms with Crippen LogP contribution in [0.1, 0.15) is 47.4 Å². The Morgan fingerprint density at radius 2 is 1.50 bits per heavy atom. The number of ether oxygens (including phenoxy) is 2. The number of hydrogen-bond donors (Lipinski definition) is 1. The number of amides is 1. The highest BCUT2D eigenvalue weighted by Crippen LogP contribution is 2.61. The van der Waals surface area contributed by atoms with Crippen LogP contribution < -0.4 is 14.8 Å². The molecule has 3 aliphatic carbocycles. The average Bonchev–Trinajstić information content (AvgIpc) is 2.79. The van der Waals surface area contributed by atoms with E-state index in [4.69, 9.17) is 9.47 Å². The molecule has 1 atom stereocenters. The summed E-state index contributed by atoms with van der Waals surface area (Å²) in [7, 11) is 3.22. The van der Waals surface area contributed by atoms with Gasteiger partial charge in [-0.3, -0.25) is 4.79 Å². The molecule has 0 saturated heterocycles. The summed E-state index contributed by atoms with van der Waals surface area (Å²) >= 11 is 0. The van der Waals surface area contributed by atoms with Crippen molar-refractivity contribution >= 4 is 11.6 Å². The second-order valence-electron chi connectivity index (χ2n) is 8.39. The molecular weight excluding hydrogens is 374 g/mol. The summed E-state index contributed by atoms with van der Waals surface area (Å²) in [6.07, 6.45) is 0.782. The lowest BCUT2D eigenvalue weighted by molar-refractivity contribution is -0.126. The van der Waals surface area contributed by atoms with Crippen LogP contribution in [0.5, 0.6) is 11.5 Å². The minimum absolute atomic E-state index is 0.00746. The van der Waals surface area contributed by atoms with E-state index in [0.29, 0.717) is 17.2 Å². The molecule has 0 radical (unpaired) electrons. The van der Waals surface area contributed by atoms with Crippen LogP contribution in [0.25, 0.3) is 0 Å². The van der Waals surface area contributed by atoms with Crippen molar-refractivity contribution in [3.8, 4) is 11.5 Å². The molecule has 6 rings (SSSR count). The Morgan fingerprint density at radius 1 is 0.900 bits per heavy atom. The van der Waals surface area contributed by atoms with Crippen LogP contribution in [0.2, 0.25) is 0 Å². The van der Waals surface area contributed by atoms with E-state index in [1.165, 1.54) is 22.3 Å². The molecule has 3 aromatic rings. The Kier molecular flexibility index (Phi) is 4.31. The summed E-state index contributed by atoms with van der Waals surface area (Å²) in [6, 6.07) is 22.6. The van der Waals surface area contributed by atoms with Gasteiger partial charge in [0.2, 0.25) is 5.91 Å². The number of fused-ring (bicyclic) bond motifs is 1. The molecule has 1 N–H and O–H groups in total. The van der Waals surface area contributed by atoms with Crippen molar-refractivity contribution in [2.45, 2.75) is 25.2 Å². The van der Waals surface area contributed by atoms with E-state index in [-0.39, 0.29) is 17.7 Å². The summed E-state index contributed by atoms with van der Waals surface area (Å²) in [5.41, 5.74) is 5.30. The molecular formula is C26H25NO3. The van der Waals surface area contributed by atoms with Gasteiger partial charge < -0.3 is 14.8 Å². The SMILES string of the molecule is COc1ccc(OC)c(NC(=O)[C@]2(C)CC3c4ccccc4C2c2ccccc23)c1. The standard InChI is InChI=1S/C26H25NO3/c1-26(25(28)27-22-14-16(29-2)12-13-23(22)30-3)15-21-17-8-4-6-10-19(17)24(26)20-11-7-5-9-18(20)21/h4-14,21,24H,15H2,1-3H3,(H,27,28)/t21?,24?,26-/m1/s1. The Balaban J connectivity index is 1.58. The summed E-state index contributed by atoms with van der Waals surface area (Å²) in [6.45, 7) is 2.10. The molecule has 0 heterocycles. The first-order valence-electron chi connectivity index (χ1n) is 10.3. The first-order chi connectivity index (χ1) is 14.6. The molecule has 0 unspecified atom stereocenters. The first-order valence-corrected chi connectivity index (χ1v) is 10.3. The van der Waals surface area contributed by atoms with Crippen LogP contribution in [0, 0.1) is 5.41 Å². The lowest BCUT2D eigenvalue weighted by Gasteiger charge is -2.50. The van der Waals surface area contributed by atoms with E-state index in [2.05, 4.69) is 60.8 Å². The molecule has 2 bridgehead atoms. The van der Waals surface area contributed by atoms with Gasteiger partial charge in [0, 0.05) is 17.9 Å². The van der Waals surface area contributed by atoms with E-state index in [1.54, 1.807) is 14.2 Å². The van der Waals surface area contributed by atoms with Crippen LogP contribution in [0.4, 0.5) is 5.69 Å². The van der Waals surface area contributed by atoms with Crippen LogP contribution in [0.3, 0.4) is 0 Å². The van der Waals surface area contributed by atoms with Crippen LogP contribution in [0.15, 0.2) is 66.7 Å². The highest BCUT2D eigenvalue weighted by atomic mass is 16.5. The van der Waals surface area contributed by atoms with E-state index >= 15 is 0 Å². The van der Waals surface area contributed by atoms with Gasteiger partial charge in [0.1, 0.15) is 11.5 Å². The molecule has 0 aliphatic heterocycles. The lowest BCUT2D eigenvalue weighted by Crippen LogP contribution is -2.47. The zero-order chi connectivity index (χ0) is 20.9. The van der Waals surface area contributed by atoms with Crippen molar-refractivity contribution in [2.24, 2.45) is 5.41 Å². The summed E-state index contributed by atoms with van der Waals surface area (Å²) in [5, 5.41) is 3.15. The largest absolute Gasteiger partial charge is 0.497 e. The van der Waals surface area contributed by atoms with Crippen molar-refractivity contribution in [1.29, 1.82) is 0 Å². The first kappa shape index (κ1) is 18.7. The van der Waals surface area contributed by atoms with E-state index in [0.717, 1.165) is 6.42 Å². The molecule has 0 saturated carbocycles. The molecule has 4 heteroatoms. The highest BCUT2D eigenvalue weighted by molar-refractivity contribution is 5.98. The Labute approximate surface area is 176 Å². The van der Waals surface area contributed by atoms with Crippen LogP contribution in [-0.2, 0) is 4.79 Å². The zero-order valence-corrected chi connectivity index (χ0v) is 17.4. The number of anilines is 1. The maximum absolute atomic E-state index is 13.8. The third-order valence-corrected chi connectivity index (χ3v) is 6.80. The maximum atomic E-state index is 13.8. The van der Waals surface area contributed by atoms with Gasteiger partial charge in [-0.2, -0.15) is 0 Å². The maximum Gasteiger partial charge on any atom is 0.231 e. The van der Waals surface area contributed by atoms with Gasteiger partial charge in [0.15, 0.2) is 0 Å². The monoisotopic (exact) mass is 399 g/mol. The van der Waals surface area contributed by atoms with Crippen molar-refractivity contribution in [3.05, 3.63) is 89.0 Å². The summed E-state index contributed by atoms with van der Waals surface area (Å²) in [5.74, 6) is 1.55. The number of benzene rings is 3. The number of carbonyl (C=O) groups is 1. The highest BCUT2D eigenvalue weighted by Gasteiger charge is 2.53. The third-order valence-electron chi connectivity index (χ3n) is 6.80. The molecule has 3 aliphatic rings. The smallest absolute Gasteiger partial charge is 0.231 e. The second-order valence-corrected chi connectivity index (χ2v) is 8.39. The predicted octanol–water partition coefficient (Wildman–Crippen LogP) is 5.33. The van der Waals surface area contributed by atoms with Gasteiger partial charge in [-0.25, -0.2) is 0 Å². The molecule has 0 aromatic heterocycles. The van der Waals surface area contributed by atoms with Gasteiger partial charge in [0.25, 0.3) is 0 Å². The zero-order valence-electron chi connectivity index (χ0n) is 17.4. The Bertz CT molecular complexity index is 1090. The normalized spacial score (nSPS) is 23.3. The van der Waals surface area contributed by atoms with Gasteiger partial charge in [0.05, 0.1) is 25.3 Å². The molecule has 4 nitrogen and oxygen atoms in total. The number of methoxy groups -OCH3 is 2. The minimum Gasteiger partial charge on any atom is -0.497 e. The van der Waals surface area contributed by atoms with E-state index in [1.807, 2.05) is 18.2 Å². The number of hydrogen-bond acceptors (Lipinski definition) is 3. The van der Waals surface area contributed by atoms with Gasteiger partial charge in [-0.15, -0.1) is 0 Å². The van der Waals surface area contributed by atoms with Crippen LogP contribution >= 0.6 is 0 Å². The quantitative estimate of drug-likeness (QED) is 0.645. The van der Waals surface area contributed by atoms with Gasteiger partial charge >= 0.3 is 0 Å². The number of nitrogens with one attached hydrogen (secondary N) is 1. The average molecular weight is 399 g/mol. The fourth-order valence-corrected chi connectivity index (χ4v) is 5.37. The van der Waals surface area contributed by atoms with E-state index < -0.39 is 5.41 Å². The Hall–Kier alpha value is -3.27. The fourth-order valence-electron chi connectivity index (χ4n) is 5.37. The van der Waals surface area contributed by atoms with Gasteiger partial charge in [-0.1, -0.05) is 48.5 Å². The summed E-state index contributed by atoms with van der Waals surface area (Å²) in [4.78, 5) is 13.8. The van der Waals surface area contributed by atoms with Crippen LogP contribution in [-0.4, -0.2) is 20.1 Å². The fraction of sp³-hybridized carbons (Fsp3) is 0.269. The number of carbonyl (C=O) groups excluding carboxylic acids is 1. The molecule has 1 amide bonds. The molecule has 30 heavy (non-hydrogen) atoms.